The Labute approximate surface area is 163 Å². The van der Waals surface area contributed by atoms with E-state index < -0.39 is 0 Å². The van der Waals surface area contributed by atoms with E-state index in [1.807, 2.05) is 0 Å². The van der Waals surface area contributed by atoms with Gasteiger partial charge in [0.2, 0.25) is 0 Å². The summed E-state index contributed by atoms with van der Waals surface area (Å²) in [5, 5.41) is 2.60. The van der Waals surface area contributed by atoms with E-state index in [4.69, 9.17) is 4.74 Å². The van der Waals surface area contributed by atoms with Crippen molar-refractivity contribution in [3.63, 3.8) is 0 Å². The molecule has 0 amide bonds. The summed E-state index contributed by atoms with van der Waals surface area (Å²) in [6.45, 7) is 2.43. The molecule has 2 nitrogen and oxygen atoms in total. The first-order chi connectivity index (χ1) is 13.8. The summed E-state index contributed by atoms with van der Waals surface area (Å²) in [6, 6.07) is 28.2. The van der Waals surface area contributed by atoms with E-state index in [1.165, 1.54) is 49.4 Å². The number of hydrogen-bond donors (Lipinski definition) is 0. The van der Waals surface area contributed by atoms with Gasteiger partial charge in [-0.2, -0.15) is 0 Å². The predicted octanol–water partition coefficient (Wildman–Crippen LogP) is 4.03. The van der Waals surface area contributed by atoms with Crippen LogP contribution < -0.4 is 21.1 Å². The van der Waals surface area contributed by atoms with Gasteiger partial charge in [-0.1, -0.05) is 54.1 Å². The van der Waals surface area contributed by atoms with E-state index >= 15 is 0 Å². The summed E-state index contributed by atoms with van der Waals surface area (Å²) >= 11 is 0. The Balaban J connectivity index is 1.78. The zero-order valence-corrected chi connectivity index (χ0v) is 15.4. The number of ether oxygens (including phenoxy) is 1. The van der Waals surface area contributed by atoms with Gasteiger partial charge in [-0.25, -0.2) is 0 Å². The van der Waals surface area contributed by atoms with Crippen LogP contribution >= 0.6 is 0 Å². The van der Waals surface area contributed by atoms with Crippen molar-refractivity contribution < 1.29 is 4.74 Å². The number of aromatic nitrogens is 1. The molecule has 4 aromatic carbocycles. The number of fused-ring (bicyclic) bond motifs is 8. The summed E-state index contributed by atoms with van der Waals surface area (Å²) in [4.78, 5) is 0. The fourth-order valence-electron chi connectivity index (χ4n) is 5.30. The highest BCUT2D eigenvalue weighted by molar-refractivity contribution is 6.99. The van der Waals surface area contributed by atoms with Crippen molar-refractivity contribution in [2.24, 2.45) is 0 Å². The monoisotopic (exact) mass is 357 g/mol. The van der Waals surface area contributed by atoms with Crippen LogP contribution in [-0.4, -0.2) is 11.3 Å². The van der Waals surface area contributed by atoms with Crippen LogP contribution in [0.2, 0.25) is 0 Å². The maximum absolute atomic E-state index is 6.38. The summed E-state index contributed by atoms with van der Waals surface area (Å²) in [7, 11) is 0. The maximum atomic E-state index is 6.38. The molecule has 0 unspecified atom stereocenters. The standard InChI is InChI=1S/C25H16BNO/c1-15-7-6-11-20-23(15)26-18-9-3-5-12-21(18)28-22-14-13-17-16-8-2-4-10-19(16)27(20)25(17)24(22)26/h2-14H,1H3. The Morgan fingerprint density at radius 2 is 1.57 bits per heavy atom. The molecule has 0 spiro atoms. The average molecular weight is 357 g/mol. The van der Waals surface area contributed by atoms with Gasteiger partial charge in [0.1, 0.15) is 11.5 Å². The molecule has 2 aliphatic rings. The molecular formula is C25H16BNO. The van der Waals surface area contributed by atoms with Gasteiger partial charge in [-0.3, -0.25) is 0 Å². The normalized spacial score (nSPS) is 13.4. The van der Waals surface area contributed by atoms with E-state index in [0.29, 0.717) is 0 Å². The van der Waals surface area contributed by atoms with Crippen molar-refractivity contribution in [2.45, 2.75) is 6.92 Å². The van der Waals surface area contributed by atoms with Crippen molar-refractivity contribution in [1.82, 2.24) is 4.57 Å². The Bertz CT molecular complexity index is 1460. The van der Waals surface area contributed by atoms with Crippen LogP contribution in [0.1, 0.15) is 5.56 Å². The van der Waals surface area contributed by atoms with Crippen LogP contribution in [0.5, 0.6) is 11.5 Å². The maximum Gasteiger partial charge on any atom is 0.256 e. The molecule has 0 aliphatic carbocycles. The number of hydrogen-bond acceptors (Lipinski definition) is 1. The van der Waals surface area contributed by atoms with Gasteiger partial charge < -0.3 is 9.30 Å². The van der Waals surface area contributed by atoms with Gasteiger partial charge >= 0.3 is 0 Å². The number of aryl methyl sites for hydroxylation is 1. The van der Waals surface area contributed by atoms with Gasteiger partial charge in [-0.05, 0) is 53.6 Å². The van der Waals surface area contributed by atoms with Crippen LogP contribution in [0, 0.1) is 6.92 Å². The lowest BCUT2D eigenvalue weighted by molar-refractivity contribution is 0.488. The highest BCUT2D eigenvalue weighted by Crippen LogP contribution is 2.38. The molecule has 0 saturated carbocycles. The van der Waals surface area contributed by atoms with Crippen molar-refractivity contribution in [3.8, 4) is 17.2 Å². The van der Waals surface area contributed by atoms with E-state index in [1.54, 1.807) is 0 Å². The van der Waals surface area contributed by atoms with Crippen LogP contribution in [-0.2, 0) is 0 Å². The third-order valence-corrected chi connectivity index (χ3v) is 6.41. The quantitative estimate of drug-likeness (QED) is 0.374. The second-order valence-electron chi connectivity index (χ2n) is 7.81. The lowest BCUT2D eigenvalue weighted by Crippen LogP contribution is -2.59. The zero-order chi connectivity index (χ0) is 18.4. The van der Waals surface area contributed by atoms with E-state index in [9.17, 15) is 0 Å². The van der Waals surface area contributed by atoms with Crippen molar-refractivity contribution >= 4 is 44.9 Å². The molecule has 0 radical (unpaired) electrons. The average Bonchev–Trinajstić information content (AvgIpc) is 3.08. The van der Waals surface area contributed by atoms with Crippen LogP contribution in [0.15, 0.2) is 78.9 Å². The molecule has 0 atom stereocenters. The highest BCUT2D eigenvalue weighted by atomic mass is 16.5. The van der Waals surface area contributed by atoms with Gasteiger partial charge in [0.05, 0.1) is 11.0 Å². The van der Waals surface area contributed by atoms with E-state index in [0.717, 1.165) is 11.5 Å². The molecule has 0 fully saturated rings. The smallest absolute Gasteiger partial charge is 0.256 e. The molecule has 7 rings (SSSR count). The van der Waals surface area contributed by atoms with Crippen LogP contribution in [0.3, 0.4) is 0 Å². The molecule has 2 aliphatic heterocycles. The minimum absolute atomic E-state index is 0.205. The summed E-state index contributed by atoms with van der Waals surface area (Å²) < 4.78 is 8.83. The van der Waals surface area contributed by atoms with Crippen LogP contribution in [0.4, 0.5) is 0 Å². The SMILES string of the molecule is Cc1cccc2c1B1c3ccccc3Oc3ccc4c5ccccc5n-2c4c31. The molecule has 0 saturated heterocycles. The fourth-order valence-corrected chi connectivity index (χ4v) is 5.30. The van der Waals surface area contributed by atoms with E-state index in [2.05, 4.69) is 90.4 Å². The van der Waals surface area contributed by atoms with Gasteiger partial charge in [0.15, 0.2) is 0 Å². The first-order valence-corrected chi connectivity index (χ1v) is 9.75. The molecule has 130 valence electrons. The molecule has 28 heavy (non-hydrogen) atoms. The second kappa shape index (κ2) is 4.88. The molecule has 5 aromatic rings. The lowest BCUT2D eigenvalue weighted by atomic mass is 9.34. The van der Waals surface area contributed by atoms with Crippen molar-refractivity contribution in [1.29, 1.82) is 0 Å². The molecule has 1 aromatic heterocycles. The number of benzene rings is 4. The van der Waals surface area contributed by atoms with Crippen molar-refractivity contribution in [2.75, 3.05) is 0 Å². The van der Waals surface area contributed by atoms with Gasteiger partial charge in [0, 0.05) is 16.5 Å². The summed E-state index contributed by atoms with van der Waals surface area (Å²) in [5.41, 5.74) is 9.11. The topological polar surface area (TPSA) is 14.2 Å². The number of para-hydroxylation sites is 2. The Morgan fingerprint density at radius 3 is 2.54 bits per heavy atom. The Kier molecular flexibility index (Phi) is 2.54. The first kappa shape index (κ1) is 14.6. The predicted molar refractivity (Wildman–Crippen MR) is 117 cm³/mol. The largest absolute Gasteiger partial charge is 0.458 e. The van der Waals surface area contributed by atoms with Crippen molar-refractivity contribution in [3.05, 3.63) is 84.4 Å². The summed E-state index contributed by atoms with van der Waals surface area (Å²) in [5.74, 6) is 1.95. The van der Waals surface area contributed by atoms with Gasteiger partial charge in [0.25, 0.3) is 6.71 Å². The number of rotatable bonds is 0. The lowest BCUT2D eigenvalue weighted by Gasteiger charge is -2.33. The summed E-state index contributed by atoms with van der Waals surface area (Å²) in [6.07, 6.45) is 0. The molecular weight excluding hydrogens is 341 g/mol. The minimum atomic E-state index is 0.205. The Morgan fingerprint density at radius 1 is 0.714 bits per heavy atom. The van der Waals surface area contributed by atoms with Gasteiger partial charge in [-0.15, -0.1) is 0 Å². The molecule has 0 bridgehead atoms. The Hall–Kier alpha value is -3.46. The van der Waals surface area contributed by atoms with Crippen LogP contribution in [0.25, 0.3) is 27.5 Å². The second-order valence-corrected chi connectivity index (χ2v) is 7.81. The highest BCUT2D eigenvalue weighted by Gasteiger charge is 2.40. The third-order valence-electron chi connectivity index (χ3n) is 6.41. The fraction of sp³-hybridized carbons (Fsp3) is 0.0400. The minimum Gasteiger partial charge on any atom is -0.458 e. The molecule has 3 heterocycles. The van der Waals surface area contributed by atoms with E-state index in [-0.39, 0.29) is 6.71 Å². The third kappa shape index (κ3) is 1.57. The molecule has 0 N–H and O–H groups in total. The molecule has 3 heteroatoms. The zero-order valence-electron chi connectivity index (χ0n) is 15.4. The number of nitrogens with zero attached hydrogens (tertiary/aromatic N) is 1. The first-order valence-electron chi connectivity index (χ1n) is 9.75.